The Balaban J connectivity index is 4.06. The topological polar surface area (TPSA) is 134 Å². The van der Waals surface area contributed by atoms with Crippen LogP contribution in [-0.4, -0.2) is 49.3 Å². The summed E-state index contributed by atoms with van der Waals surface area (Å²) in [5.41, 5.74) is 5.36. The molecule has 346 valence electrons. The molecule has 0 rings (SSSR count). The van der Waals surface area contributed by atoms with Gasteiger partial charge < -0.3 is 20.1 Å². The minimum atomic E-state index is -4.38. The van der Waals surface area contributed by atoms with Crippen LogP contribution < -0.4 is 5.73 Å². The number of carbonyl (C=O) groups excluding carboxylic acids is 2. The van der Waals surface area contributed by atoms with Gasteiger partial charge in [0.15, 0.2) is 6.10 Å². The molecule has 10 heteroatoms. The van der Waals surface area contributed by atoms with Gasteiger partial charge in [-0.3, -0.25) is 18.6 Å². The largest absolute Gasteiger partial charge is 0.472 e. The second-order valence-electron chi connectivity index (χ2n) is 16.3. The summed E-state index contributed by atoms with van der Waals surface area (Å²) in [7, 11) is -4.38. The molecule has 9 nitrogen and oxygen atoms in total. The predicted molar refractivity (Wildman–Crippen MR) is 247 cm³/mol. The summed E-state index contributed by atoms with van der Waals surface area (Å²) in [5, 5.41) is 0. The summed E-state index contributed by atoms with van der Waals surface area (Å²) in [6.45, 7) is 3.72. The Kier molecular flexibility index (Phi) is 44.4. The van der Waals surface area contributed by atoms with E-state index in [2.05, 4.69) is 50.3 Å². The highest BCUT2D eigenvalue weighted by atomic mass is 31.2. The number of unbranched alkanes of at least 4 members (excludes halogenated alkanes) is 27. The average Bonchev–Trinajstić information content (AvgIpc) is 3.22. The number of hydrogen-bond donors (Lipinski definition) is 2. The molecule has 0 heterocycles. The zero-order valence-corrected chi connectivity index (χ0v) is 39.1. The van der Waals surface area contributed by atoms with E-state index in [0.717, 1.165) is 51.4 Å². The van der Waals surface area contributed by atoms with Crippen LogP contribution in [0.4, 0.5) is 0 Å². The Morgan fingerprint density at radius 3 is 1.34 bits per heavy atom. The quantitative estimate of drug-likeness (QED) is 0.0265. The number of allylic oxidation sites excluding steroid dienone is 6. The van der Waals surface area contributed by atoms with Crippen molar-refractivity contribution >= 4 is 19.8 Å². The molecule has 0 bridgehead atoms. The minimum Gasteiger partial charge on any atom is -0.462 e. The lowest BCUT2D eigenvalue weighted by molar-refractivity contribution is -0.161. The third kappa shape index (κ3) is 45.6. The third-order valence-electron chi connectivity index (χ3n) is 10.5. The first-order valence-corrected chi connectivity index (χ1v) is 26.0. The molecular formula is C49H92NO8P. The van der Waals surface area contributed by atoms with E-state index in [1.54, 1.807) is 0 Å². The van der Waals surface area contributed by atoms with Gasteiger partial charge in [-0.25, -0.2) is 4.57 Å². The molecule has 1 unspecified atom stereocenters. The first-order chi connectivity index (χ1) is 28.8. The highest BCUT2D eigenvalue weighted by Crippen LogP contribution is 2.43. The predicted octanol–water partition coefficient (Wildman–Crippen LogP) is 14.5. The lowest BCUT2D eigenvalue weighted by Gasteiger charge is -2.19. The van der Waals surface area contributed by atoms with Gasteiger partial charge in [0.25, 0.3) is 0 Å². The van der Waals surface area contributed by atoms with Crippen molar-refractivity contribution in [1.82, 2.24) is 0 Å². The van der Waals surface area contributed by atoms with Crippen LogP contribution in [0.2, 0.25) is 0 Å². The molecule has 2 atom stereocenters. The third-order valence-corrected chi connectivity index (χ3v) is 11.5. The normalized spacial score (nSPS) is 13.5. The molecule has 0 fully saturated rings. The molecule has 0 spiro atoms. The summed E-state index contributed by atoms with van der Waals surface area (Å²) in [6.07, 6.45) is 51.7. The minimum absolute atomic E-state index is 0.0521. The maximum atomic E-state index is 12.6. The van der Waals surface area contributed by atoms with E-state index in [4.69, 9.17) is 24.3 Å². The summed E-state index contributed by atoms with van der Waals surface area (Å²) in [6, 6.07) is 0. The van der Waals surface area contributed by atoms with Crippen molar-refractivity contribution in [2.45, 2.75) is 238 Å². The van der Waals surface area contributed by atoms with Crippen LogP contribution in [-0.2, 0) is 32.7 Å². The summed E-state index contributed by atoms with van der Waals surface area (Å²) < 4.78 is 32.9. The Morgan fingerprint density at radius 2 is 0.881 bits per heavy atom. The van der Waals surface area contributed by atoms with Crippen molar-refractivity contribution in [1.29, 1.82) is 0 Å². The SMILES string of the molecule is CCCCC/C=C/C/C=C/CCCCCCCCCC(=O)O[C@H](COC(=O)CCCCCCCCCCCCC/C=C/CCCCCCCC)COP(=O)(O)OCCN. The van der Waals surface area contributed by atoms with E-state index >= 15 is 0 Å². The Hall–Kier alpha value is -1.77. The van der Waals surface area contributed by atoms with E-state index in [1.807, 2.05) is 0 Å². The summed E-state index contributed by atoms with van der Waals surface area (Å²) >= 11 is 0. The second kappa shape index (κ2) is 45.7. The number of hydrogen-bond acceptors (Lipinski definition) is 8. The smallest absolute Gasteiger partial charge is 0.462 e. The van der Waals surface area contributed by atoms with Crippen LogP contribution in [0.5, 0.6) is 0 Å². The van der Waals surface area contributed by atoms with Crippen LogP contribution >= 0.6 is 7.82 Å². The van der Waals surface area contributed by atoms with E-state index in [1.165, 1.54) is 148 Å². The van der Waals surface area contributed by atoms with Crippen molar-refractivity contribution < 1.29 is 37.6 Å². The Morgan fingerprint density at radius 1 is 0.508 bits per heavy atom. The van der Waals surface area contributed by atoms with E-state index in [-0.39, 0.29) is 38.6 Å². The van der Waals surface area contributed by atoms with Gasteiger partial charge in [-0.2, -0.15) is 0 Å². The van der Waals surface area contributed by atoms with Crippen molar-refractivity contribution in [2.24, 2.45) is 5.73 Å². The standard InChI is InChI=1S/C49H92NO8P/c1-3-5-7-9-11-13-15-17-19-21-22-23-24-26-27-29-31-33-35-37-39-41-48(51)55-45-47(46-57-59(53,54)56-44-43-50)58-49(52)42-40-38-36-34-32-30-28-25-20-18-16-14-12-10-8-6-4-2/h12,14,17-20,47H,3-11,13,15-16,21-46,50H2,1-2H3,(H,53,54)/b14-12+,19-17+,20-18+/t47-/m1/s1. The highest BCUT2D eigenvalue weighted by molar-refractivity contribution is 7.47. The van der Waals surface area contributed by atoms with Crippen LogP contribution in [0, 0.1) is 0 Å². The molecule has 0 aliphatic heterocycles. The van der Waals surface area contributed by atoms with Gasteiger partial charge in [-0.15, -0.1) is 0 Å². The number of ether oxygens (including phenoxy) is 2. The van der Waals surface area contributed by atoms with Crippen LogP contribution in [0.25, 0.3) is 0 Å². The van der Waals surface area contributed by atoms with Gasteiger partial charge in [0, 0.05) is 19.4 Å². The maximum absolute atomic E-state index is 12.6. The highest BCUT2D eigenvalue weighted by Gasteiger charge is 2.26. The van der Waals surface area contributed by atoms with Crippen LogP contribution in [0.3, 0.4) is 0 Å². The van der Waals surface area contributed by atoms with Crippen molar-refractivity contribution in [3.63, 3.8) is 0 Å². The second-order valence-corrected chi connectivity index (χ2v) is 17.8. The number of carbonyl (C=O) groups is 2. The van der Waals surface area contributed by atoms with Gasteiger partial charge in [-0.1, -0.05) is 185 Å². The Labute approximate surface area is 363 Å². The molecular weight excluding hydrogens is 762 g/mol. The van der Waals surface area contributed by atoms with Gasteiger partial charge >= 0.3 is 19.8 Å². The molecule has 59 heavy (non-hydrogen) atoms. The molecule has 0 radical (unpaired) electrons. The van der Waals surface area contributed by atoms with Crippen LogP contribution in [0.15, 0.2) is 36.5 Å². The molecule has 0 aliphatic carbocycles. The maximum Gasteiger partial charge on any atom is 0.472 e. The van der Waals surface area contributed by atoms with Crippen molar-refractivity contribution in [2.75, 3.05) is 26.4 Å². The van der Waals surface area contributed by atoms with E-state index < -0.39 is 26.5 Å². The zero-order chi connectivity index (χ0) is 43.2. The Bertz CT molecular complexity index is 1060. The van der Waals surface area contributed by atoms with E-state index in [0.29, 0.717) is 6.42 Å². The molecule has 0 aromatic rings. The lowest BCUT2D eigenvalue weighted by Crippen LogP contribution is -2.29. The fraction of sp³-hybridized carbons (Fsp3) is 0.837. The van der Waals surface area contributed by atoms with Gasteiger partial charge in [0.05, 0.1) is 13.2 Å². The number of esters is 2. The molecule has 0 aromatic heterocycles. The lowest BCUT2D eigenvalue weighted by atomic mass is 10.0. The number of phosphoric ester groups is 1. The average molecular weight is 854 g/mol. The van der Waals surface area contributed by atoms with Gasteiger partial charge in [-0.05, 0) is 70.6 Å². The van der Waals surface area contributed by atoms with Gasteiger partial charge in [0.1, 0.15) is 6.61 Å². The van der Waals surface area contributed by atoms with Crippen LogP contribution in [0.1, 0.15) is 232 Å². The number of rotatable bonds is 46. The number of nitrogens with two attached hydrogens (primary N) is 1. The zero-order valence-electron chi connectivity index (χ0n) is 38.2. The molecule has 0 saturated heterocycles. The summed E-state index contributed by atoms with van der Waals surface area (Å²) in [5.74, 6) is -0.832. The molecule has 3 N–H and O–H groups in total. The first kappa shape index (κ1) is 57.2. The molecule has 0 aromatic carbocycles. The first-order valence-electron chi connectivity index (χ1n) is 24.5. The van der Waals surface area contributed by atoms with Crippen molar-refractivity contribution in [3.05, 3.63) is 36.5 Å². The molecule has 0 aliphatic rings. The number of phosphoric acid groups is 1. The summed E-state index contributed by atoms with van der Waals surface area (Å²) in [4.78, 5) is 35.0. The van der Waals surface area contributed by atoms with Crippen molar-refractivity contribution in [3.8, 4) is 0 Å². The van der Waals surface area contributed by atoms with E-state index in [9.17, 15) is 19.0 Å². The van der Waals surface area contributed by atoms with Gasteiger partial charge in [0.2, 0.25) is 0 Å². The molecule has 0 saturated carbocycles. The monoisotopic (exact) mass is 854 g/mol. The molecule has 0 amide bonds. The fourth-order valence-corrected chi connectivity index (χ4v) is 7.60. The fourth-order valence-electron chi connectivity index (χ4n) is 6.84.